The van der Waals surface area contributed by atoms with Gasteiger partial charge in [-0.15, -0.1) is 0 Å². The molecule has 0 N–H and O–H groups in total. The molecular weight excluding hydrogens is 198 g/mol. The second kappa shape index (κ2) is 4.52. The van der Waals surface area contributed by atoms with Crippen molar-refractivity contribution < 1.29 is 0 Å². The van der Waals surface area contributed by atoms with Gasteiger partial charge in [-0.05, 0) is 30.9 Å². The third-order valence-electron chi connectivity index (χ3n) is 3.26. The molecule has 1 aliphatic rings. The molecule has 1 aliphatic heterocycles. The van der Waals surface area contributed by atoms with Crippen molar-refractivity contribution >= 4 is 5.69 Å². The van der Waals surface area contributed by atoms with Crippen LogP contribution in [0.25, 0.3) is 0 Å². The molecule has 0 saturated carbocycles. The van der Waals surface area contributed by atoms with Gasteiger partial charge in [-0.3, -0.25) is 0 Å². The SMILES string of the molecule is CC(C)C1CCCN1c1ccnc(C#N)c1. The molecule has 1 aromatic heterocycles. The highest BCUT2D eigenvalue weighted by atomic mass is 15.2. The summed E-state index contributed by atoms with van der Waals surface area (Å²) in [4.78, 5) is 6.42. The van der Waals surface area contributed by atoms with Crippen LogP contribution in [0, 0.1) is 17.2 Å². The Kier molecular flexibility index (Phi) is 3.09. The maximum atomic E-state index is 8.85. The lowest BCUT2D eigenvalue weighted by Gasteiger charge is -2.29. The number of anilines is 1. The molecule has 0 aromatic carbocycles. The molecule has 84 valence electrons. The summed E-state index contributed by atoms with van der Waals surface area (Å²) in [5, 5.41) is 8.85. The zero-order valence-electron chi connectivity index (χ0n) is 9.85. The second-order valence-electron chi connectivity index (χ2n) is 4.66. The monoisotopic (exact) mass is 215 g/mol. The van der Waals surface area contributed by atoms with Gasteiger partial charge < -0.3 is 4.90 Å². The van der Waals surface area contributed by atoms with E-state index in [1.54, 1.807) is 6.20 Å². The minimum atomic E-state index is 0.506. The van der Waals surface area contributed by atoms with E-state index in [1.165, 1.54) is 12.8 Å². The Labute approximate surface area is 96.7 Å². The van der Waals surface area contributed by atoms with E-state index in [9.17, 15) is 0 Å². The van der Waals surface area contributed by atoms with Crippen molar-refractivity contribution in [3.05, 3.63) is 24.0 Å². The molecule has 1 fully saturated rings. The molecule has 1 atom stereocenters. The molecule has 1 aromatic rings. The number of pyridine rings is 1. The minimum absolute atomic E-state index is 0.506. The van der Waals surface area contributed by atoms with E-state index in [4.69, 9.17) is 5.26 Å². The summed E-state index contributed by atoms with van der Waals surface area (Å²) in [7, 11) is 0. The number of aromatic nitrogens is 1. The first-order valence-electron chi connectivity index (χ1n) is 5.85. The highest BCUT2D eigenvalue weighted by Crippen LogP contribution is 2.29. The van der Waals surface area contributed by atoms with Gasteiger partial charge in [0.1, 0.15) is 11.8 Å². The fraction of sp³-hybridized carbons (Fsp3) is 0.538. The maximum Gasteiger partial charge on any atom is 0.142 e. The summed E-state index contributed by atoms with van der Waals surface area (Å²) >= 11 is 0. The van der Waals surface area contributed by atoms with Crippen molar-refractivity contribution in [2.75, 3.05) is 11.4 Å². The summed E-state index contributed by atoms with van der Waals surface area (Å²) < 4.78 is 0. The van der Waals surface area contributed by atoms with Crippen LogP contribution in [0.2, 0.25) is 0 Å². The third-order valence-corrected chi connectivity index (χ3v) is 3.26. The Morgan fingerprint density at radius 2 is 2.38 bits per heavy atom. The summed E-state index contributed by atoms with van der Waals surface area (Å²) in [6, 6.07) is 6.59. The lowest BCUT2D eigenvalue weighted by molar-refractivity contribution is 0.492. The Morgan fingerprint density at radius 3 is 3.06 bits per heavy atom. The van der Waals surface area contributed by atoms with Crippen LogP contribution in [0.3, 0.4) is 0 Å². The van der Waals surface area contributed by atoms with Crippen LogP contribution in [0.15, 0.2) is 18.3 Å². The van der Waals surface area contributed by atoms with Crippen molar-refractivity contribution in [1.82, 2.24) is 4.98 Å². The van der Waals surface area contributed by atoms with E-state index >= 15 is 0 Å². The lowest BCUT2D eigenvalue weighted by Crippen LogP contribution is -2.33. The Morgan fingerprint density at radius 1 is 1.56 bits per heavy atom. The summed E-state index contributed by atoms with van der Waals surface area (Å²) in [5.41, 5.74) is 1.65. The van der Waals surface area contributed by atoms with Crippen molar-refractivity contribution in [2.24, 2.45) is 5.92 Å². The fourth-order valence-corrected chi connectivity index (χ4v) is 2.47. The van der Waals surface area contributed by atoms with Gasteiger partial charge >= 0.3 is 0 Å². The molecule has 3 nitrogen and oxygen atoms in total. The van der Waals surface area contributed by atoms with Gasteiger partial charge in [0, 0.05) is 24.5 Å². The second-order valence-corrected chi connectivity index (χ2v) is 4.66. The van der Waals surface area contributed by atoms with Crippen molar-refractivity contribution in [3.8, 4) is 6.07 Å². The van der Waals surface area contributed by atoms with Crippen LogP contribution in [0.1, 0.15) is 32.4 Å². The normalized spacial score (nSPS) is 20.1. The molecule has 2 rings (SSSR count). The largest absolute Gasteiger partial charge is 0.368 e. The summed E-state index contributed by atoms with van der Waals surface area (Å²) in [6.07, 6.45) is 4.22. The Hall–Kier alpha value is -1.56. The van der Waals surface area contributed by atoms with Crippen LogP contribution in [0.5, 0.6) is 0 Å². The predicted molar refractivity (Wildman–Crippen MR) is 64.2 cm³/mol. The molecule has 16 heavy (non-hydrogen) atoms. The molecule has 1 saturated heterocycles. The number of rotatable bonds is 2. The molecule has 0 radical (unpaired) electrons. The van der Waals surface area contributed by atoms with Gasteiger partial charge in [0.05, 0.1) is 0 Å². The fourth-order valence-electron chi connectivity index (χ4n) is 2.47. The van der Waals surface area contributed by atoms with Crippen LogP contribution in [-0.4, -0.2) is 17.6 Å². The van der Waals surface area contributed by atoms with Crippen molar-refractivity contribution in [1.29, 1.82) is 5.26 Å². The van der Waals surface area contributed by atoms with Crippen LogP contribution in [0.4, 0.5) is 5.69 Å². The van der Waals surface area contributed by atoms with E-state index in [0.29, 0.717) is 17.7 Å². The standard InChI is InChI=1S/C13H17N3/c1-10(2)13-4-3-7-16(13)12-5-6-15-11(8-12)9-14/h5-6,8,10,13H,3-4,7H2,1-2H3. The smallest absolute Gasteiger partial charge is 0.142 e. The van der Waals surface area contributed by atoms with Gasteiger partial charge in [0.2, 0.25) is 0 Å². The van der Waals surface area contributed by atoms with E-state index in [0.717, 1.165) is 12.2 Å². The summed E-state index contributed by atoms with van der Waals surface area (Å²) in [5.74, 6) is 0.654. The van der Waals surface area contributed by atoms with Crippen LogP contribution >= 0.6 is 0 Å². The van der Waals surface area contributed by atoms with Gasteiger partial charge in [0.25, 0.3) is 0 Å². The number of hydrogen-bond acceptors (Lipinski definition) is 3. The van der Waals surface area contributed by atoms with Crippen LogP contribution < -0.4 is 4.90 Å². The zero-order chi connectivity index (χ0) is 11.5. The number of hydrogen-bond donors (Lipinski definition) is 0. The molecule has 3 heteroatoms. The van der Waals surface area contributed by atoms with Crippen LogP contribution in [-0.2, 0) is 0 Å². The first-order chi connectivity index (χ1) is 7.72. The van der Waals surface area contributed by atoms with Gasteiger partial charge in [0.15, 0.2) is 0 Å². The van der Waals surface area contributed by atoms with E-state index in [2.05, 4.69) is 29.8 Å². The van der Waals surface area contributed by atoms with E-state index < -0.39 is 0 Å². The van der Waals surface area contributed by atoms with Gasteiger partial charge in [-0.1, -0.05) is 13.8 Å². The molecular formula is C13H17N3. The molecule has 0 aliphatic carbocycles. The van der Waals surface area contributed by atoms with E-state index in [1.807, 2.05) is 12.1 Å². The van der Waals surface area contributed by atoms with Gasteiger partial charge in [-0.25, -0.2) is 4.98 Å². The number of nitriles is 1. The Bertz CT molecular complexity index is 406. The Balaban J connectivity index is 2.26. The molecule has 0 bridgehead atoms. The molecule has 0 spiro atoms. The van der Waals surface area contributed by atoms with Crippen molar-refractivity contribution in [2.45, 2.75) is 32.7 Å². The number of nitrogens with zero attached hydrogens (tertiary/aromatic N) is 3. The topological polar surface area (TPSA) is 39.9 Å². The predicted octanol–water partition coefficient (Wildman–Crippen LogP) is 2.58. The first-order valence-corrected chi connectivity index (χ1v) is 5.85. The maximum absolute atomic E-state index is 8.85. The molecule has 2 heterocycles. The summed E-state index contributed by atoms with van der Waals surface area (Å²) in [6.45, 7) is 5.61. The van der Waals surface area contributed by atoms with Gasteiger partial charge in [-0.2, -0.15) is 5.26 Å². The van der Waals surface area contributed by atoms with E-state index in [-0.39, 0.29) is 0 Å². The zero-order valence-corrected chi connectivity index (χ0v) is 9.85. The molecule has 1 unspecified atom stereocenters. The van der Waals surface area contributed by atoms with Crippen molar-refractivity contribution in [3.63, 3.8) is 0 Å². The highest BCUT2D eigenvalue weighted by molar-refractivity contribution is 5.50. The highest BCUT2D eigenvalue weighted by Gasteiger charge is 2.27. The molecule has 0 amide bonds. The third kappa shape index (κ3) is 2.01. The average Bonchev–Trinajstić information content (AvgIpc) is 2.78. The quantitative estimate of drug-likeness (QED) is 0.761. The lowest BCUT2D eigenvalue weighted by atomic mass is 10.0. The average molecular weight is 215 g/mol. The minimum Gasteiger partial charge on any atom is -0.368 e. The first kappa shape index (κ1) is 10.9.